The molecule has 6 heteroatoms. The average molecular weight is 316 g/mol. The molecule has 0 saturated heterocycles. The second kappa shape index (κ2) is 7.84. The fourth-order valence-electron chi connectivity index (χ4n) is 2.01. The highest BCUT2D eigenvalue weighted by molar-refractivity contribution is 8.00. The number of amides is 1. The van der Waals surface area contributed by atoms with Gasteiger partial charge >= 0.3 is 0 Å². The van der Waals surface area contributed by atoms with E-state index in [4.69, 9.17) is 17.2 Å². The van der Waals surface area contributed by atoms with Crippen molar-refractivity contribution in [1.82, 2.24) is 0 Å². The first-order valence-electron chi connectivity index (χ1n) is 6.93. The summed E-state index contributed by atoms with van der Waals surface area (Å²) in [5.74, 6) is 0.193. The lowest BCUT2D eigenvalue weighted by Crippen LogP contribution is -2.16. The summed E-state index contributed by atoms with van der Waals surface area (Å²) in [4.78, 5) is 12.9. The van der Waals surface area contributed by atoms with E-state index in [2.05, 4.69) is 5.32 Å². The molecule has 0 saturated carbocycles. The lowest BCUT2D eigenvalue weighted by Gasteiger charge is -2.10. The van der Waals surface area contributed by atoms with Gasteiger partial charge in [-0.25, -0.2) is 0 Å². The van der Waals surface area contributed by atoms with Crippen LogP contribution in [0, 0.1) is 0 Å². The summed E-state index contributed by atoms with van der Waals surface area (Å²) in [6, 6.07) is 13.1. The zero-order valence-corrected chi connectivity index (χ0v) is 13.0. The fourth-order valence-corrected chi connectivity index (χ4v) is 2.75. The predicted molar refractivity (Wildman–Crippen MR) is 92.4 cm³/mol. The summed E-state index contributed by atoms with van der Waals surface area (Å²) in [6.07, 6.45) is 0. The molecule has 0 fully saturated rings. The summed E-state index contributed by atoms with van der Waals surface area (Å²) in [5.41, 5.74) is 20.5. The Morgan fingerprint density at radius 1 is 1.09 bits per heavy atom. The Morgan fingerprint density at radius 2 is 1.86 bits per heavy atom. The summed E-state index contributed by atoms with van der Waals surface area (Å²) < 4.78 is 0. The molecule has 116 valence electrons. The van der Waals surface area contributed by atoms with E-state index >= 15 is 0 Å². The van der Waals surface area contributed by atoms with Gasteiger partial charge in [-0.15, -0.1) is 11.8 Å². The number of nitrogen functional groups attached to an aromatic ring is 1. The molecule has 0 aliphatic rings. The standard InChI is InChI=1S/C16H20N4OS/c17-8-11-5-6-15(13(19)7-11)22-10-16(21)20-14-4-2-1-3-12(14)9-18/h1-7H,8-10,17-19H2,(H,20,21). The van der Waals surface area contributed by atoms with Crippen LogP contribution in [0.2, 0.25) is 0 Å². The zero-order chi connectivity index (χ0) is 15.9. The molecule has 0 spiro atoms. The normalized spacial score (nSPS) is 10.5. The molecule has 22 heavy (non-hydrogen) atoms. The molecule has 0 heterocycles. The molecule has 7 N–H and O–H groups in total. The van der Waals surface area contributed by atoms with Crippen molar-refractivity contribution in [1.29, 1.82) is 0 Å². The molecule has 0 atom stereocenters. The molecule has 0 unspecified atom stereocenters. The number of benzene rings is 2. The average Bonchev–Trinajstić information content (AvgIpc) is 2.54. The maximum atomic E-state index is 12.1. The summed E-state index contributed by atoms with van der Waals surface area (Å²) in [6.45, 7) is 0.836. The predicted octanol–water partition coefficient (Wildman–Crippen LogP) is 1.92. The number of nitrogens with two attached hydrogens (primary N) is 3. The molecule has 2 aromatic carbocycles. The van der Waals surface area contributed by atoms with Gasteiger partial charge in [0.05, 0.1) is 5.75 Å². The Kier molecular flexibility index (Phi) is 5.83. The summed E-state index contributed by atoms with van der Waals surface area (Å²) >= 11 is 1.40. The lowest BCUT2D eigenvalue weighted by atomic mass is 10.2. The van der Waals surface area contributed by atoms with E-state index in [1.807, 2.05) is 42.5 Å². The maximum absolute atomic E-state index is 12.1. The van der Waals surface area contributed by atoms with Crippen LogP contribution in [0.25, 0.3) is 0 Å². The largest absolute Gasteiger partial charge is 0.398 e. The van der Waals surface area contributed by atoms with Gasteiger partial charge in [0.1, 0.15) is 0 Å². The van der Waals surface area contributed by atoms with Gasteiger partial charge in [-0.05, 0) is 29.3 Å². The van der Waals surface area contributed by atoms with Gasteiger partial charge in [0.25, 0.3) is 0 Å². The molecule has 1 amide bonds. The smallest absolute Gasteiger partial charge is 0.234 e. The van der Waals surface area contributed by atoms with Gasteiger partial charge in [-0.3, -0.25) is 4.79 Å². The van der Waals surface area contributed by atoms with Crippen molar-refractivity contribution in [3.8, 4) is 0 Å². The third-order valence-corrected chi connectivity index (χ3v) is 4.27. The molecule has 0 radical (unpaired) electrons. The van der Waals surface area contributed by atoms with Gasteiger partial charge in [-0.2, -0.15) is 0 Å². The van der Waals surface area contributed by atoms with Crippen LogP contribution in [-0.2, 0) is 17.9 Å². The van der Waals surface area contributed by atoms with Crippen molar-refractivity contribution in [3.05, 3.63) is 53.6 Å². The first kappa shape index (κ1) is 16.4. The van der Waals surface area contributed by atoms with Crippen molar-refractivity contribution in [2.45, 2.75) is 18.0 Å². The Bertz CT molecular complexity index is 660. The highest BCUT2D eigenvalue weighted by Gasteiger charge is 2.08. The molecular weight excluding hydrogens is 296 g/mol. The van der Waals surface area contributed by atoms with Crippen LogP contribution < -0.4 is 22.5 Å². The molecule has 0 bridgehead atoms. The van der Waals surface area contributed by atoms with E-state index in [1.54, 1.807) is 0 Å². The van der Waals surface area contributed by atoms with E-state index < -0.39 is 0 Å². The van der Waals surface area contributed by atoms with Crippen LogP contribution in [0.4, 0.5) is 11.4 Å². The van der Waals surface area contributed by atoms with E-state index in [1.165, 1.54) is 11.8 Å². The van der Waals surface area contributed by atoms with Crippen LogP contribution >= 0.6 is 11.8 Å². The van der Waals surface area contributed by atoms with Crippen LogP contribution in [0.15, 0.2) is 47.4 Å². The van der Waals surface area contributed by atoms with Crippen LogP contribution in [0.3, 0.4) is 0 Å². The molecule has 0 aliphatic heterocycles. The Hall–Kier alpha value is -2.02. The van der Waals surface area contributed by atoms with Gasteiger partial charge in [0.15, 0.2) is 0 Å². The fraction of sp³-hybridized carbons (Fsp3) is 0.188. The first-order valence-corrected chi connectivity index (χ1v) is 7.91. The third kappa shape index (κ3) is 4.24. The zero-order valence-electron chi connectivity index (χ0n) is 12.2. The van der Waals surface area contributed by atoms with Crippen molar-refractivity contribution in [3.63, 3.8) is 0 Å². The molecule has 0 aliphatic carbocycles. The van der Waals surface area contributed by atoms with Crippen molar-refractivity contribution < 1.29 is 4.79 Å². The first-order chi connectivity index (χ1) is 10.6. The number of carbonyl (C=O) groups excluding carboxylic acids is 1. The minimum atomic E-state index is -0.0896. The molecule has 0 aromatic heterocycles. The number of hydrogen-bond donors (Lipinski definition) is 4. The summed E-state index contributed by atoms with van der Waals surface area (Å²) in [7, 11) is 0. The Labute approximate surface area is 134 Å². The third-order valence-electron chi connectivity index (χ3n) is 3.18. The molecule has 2 rings (SSSR count). The Balaban J connectivity index is 1.95. The van der Waals surface area contributed by atoms with Gasteiger partial charge in [0, 0.05) is 29.4 Å². The van der Waals surface area contributed by atoms with Crippen LogP contribution in [0.5, 0.6) is 0 Å². The lowest BCUT2D eigenvalue weighted by molar-refractivity contribution is -0.113. The number of rotatable bonds is 6. The SMILES string of the molecule is NCc1ccc(SCC(=O)Nc2ccccc2CN)c(N)c1. The minimum Gasteiger partial charge on any atom is -0.398 e. The van der Waals surface area contributed by atoms with E-state index in [0.29, 0.717) is 18.8 Å². The van der Waals surface area contributed by atoms with Crippen LogP contribution in [-0.4, -0.2) is 11.7 Å². The molecule has 5 nitrogen and oxygen atoms in total. The highest BCUT2D eigenvalue weighted by atomic mass is 32.2. The molecular formula is C16H20N4OS. The summed E-state index contributed by atoms with van der Waals surface area (Å²) in [5, 5.41) is 2.87. The molecule has 2 aromatic rings. The Morgan fingerprint density at radius 3 is 2.55 bits per heavy atom. The monoisotopic (exact) mass is 316 g/mol. The number of hydrogen-bond acceptors (Lipinski definition) is 5. The number of thioether (sulfide) groups is 1. The number of anilines is 2. The van der Waals surface area contributed by atoms with E-state index in [0.717, 1.165) is 21.7 Å². The second-order valence-electron chi connectivity index (χ2n) is 4.77. The van der Waals surface area contributed by atoms with Crippen molar-refractivity contribution in [2.75, 3.05) is 16.8 Å². The topological polar surface area (TPSA) is 107 Å². The number of nitrogens with one attached hydrogen (secondary N) is 1. The second-order valence-corrected chi connectivity index (χ2v) is 5.79. The highest BCUT2D eigenvalue weighted by Crippen LogP contribution is 2.26. The maximum Gasteiger partial charge on any atom is 0.234 e. The van der Waals surface area contributed by atoms with E-state index in [9.17, 15) is 4.79 Å². The van der Waals surface area contributed by atoms with Gasteiger partial charge in [0.2, 0.25) is 5.91 Å². The van der Waals surface area contributed by atoms with Crippen LogP contribution in [0.1, 0.15) is 11.1 Å². The van der Waals surface area contributed by atoms with Crippen molar-refractivity contribution in [2.24, 2.45) is 11.5 Å². The number of carbonyl (C=O) groups is 1. The number of para-hydroxylation sites is 1. The van der Waals surface area contributed by atoms with Crippen molar-refractivity contribution >= 4 is 29.0 Å². The van der Waals surface area contributed by atoms with Gasteiger partial charge in [-0.1, -0.05) is 24.3 Å². The minimum absolute atomic E-state index is 0.0896. The van der Waals surface area contributed by atoms with E-state index in [-0.39, 0.29) is 11.7 Å². The van der Waals surface area contributed by atoms with Gasteiger partial charge < -0.3 is 22.5 Å². The quantitative estimate of drug-likeness (QED) is 0.481.